The summed E-state index contributed by atoms with van der Waals surface area (Å²) in [5, 5.41) is 9.01. The van der Waals surface area contributed by atoms with Gasteiger partial charge in [0, 0.05) is 13.1 Å². The van der Waals surface area contributed by atoms with E-state index in [9.17, 15) is 0 Å². The van der Waals surface area contributed by atoms with Crippen molar-refractivity contribution in [3.05, 3.63) is 29.8 Å². The highest BCUT2D eigenvalue weighted by Gasteiger charge is 2.15. The van der Waals surface area contributed by atoms with Gasteiger partial charge in [-0.2, -0.15) is 5.26 Å². The molecular weight excluding hydrogens is 260 g/mol. The normalized spacial score (nSPS) is 15.9. The van der Waals surface area contributed by atoms with Gasteiger partial charge in [0.2, 0.25) is 0 Å². The van der Waals surface area contributed by atoms with Crippen molar-refractivity contribution in [3.8, 4) is 11.8 Å². The van der Waals surface area contributed by atoms with Gasteiger partial charge in [-0.15, -0.1) is 0 Å². The Morgan fingerprint density at radius 3 is 2.76 bits per heavy atom. The zero-order valence-corrected chi connectivity index (χ0v) is 13.1. The van der Waals surface area contributed by atoms with Crippen LogP contribution in [-0.2, 0) is 0 Å². The van der Waals surface area contributed by atoms with Gasteiger partial charge in [-0.1, -0.05) is 31.4 Å². The van der Waals surface area contributed by atoms with E-state index in [0.717, 1.165) is 18.9 Å². The third kappa shape index (κ3) is 5.40. The van der Waals surface area contributed by atoms with Crippen molar-refractivity contribution >= 4 is 0 Å². The van der Waals surface area contributed by atoms with E-state index in [-0.39, 0.29) is 0 Å². The van der Waals surface area contributed by atoms with Crippen LogP contribution < -0.4 is 4.74 Å². The summed E-state index contributed by atoms with van der Waals surface area (Å²) in [4.78, 5) is 2.43. The Morgan fingerprint density at radius 1 is 1.24 bits per heavy atom. The monoisotopic (exact) mass is 286 g/mol. The lowest BCUT2D eigenvalue weighted by atomic mass is 9.89. The van der Waals surface area contributed by atoms with Gasteiger partial charge in [0.1, 0.15) is 11.8 Å². The Balaban J connectivity index is 1.63. The molecule has 1 aromatic carbocycles. The van der Waals surface area contributed by atoms with E-state index in [1.54, 1.807) is 6.07 Å². The van der Waals surface area contributed by atoms with Crippen LogP contribution in [0.2, 0.25) is 0 Å². The third-order valence-corrected chi connectivity index (χ3v) is 4.24. The van der Waals surface area contributed by atoms with Crippen LogP contribution in [0.5, 0.6) is 5.75 Å². The van der Waals surface area contributed by atoms with Crippen LogP contribution in [-0.4, -0.2) is 31.6 Å². The molecule has 0 aliphatic heterocycles. The average molecular weight is 286 g/mol. The van der Waals surface area contributed by atoms with Gasteiger partial charge in [-0.3, -0.25) is 0 Å². The van der Waals surface area contributed by atoms with Gasteiger partial charge in [0.15, 0.2) is 0 Å². The number of nitrogens with zero attached hydrogens (tertiary/aromatic N) is 2. The van der Waals surface area contributed by atoms with E-state index >= 15 is 0 Å². The topological polar surface area (TPSA) is 36.3 Å². The molecule has 0 bridgehead atoms. The molecule has 0 amide bonds. The van der Waals surface area contributed by atoms with Crippen molar-refractivity contribution in [2.45, 2.75) is 38.5 Å². The fraction of sp³-hybridized carbons (Fsp3) is 0.611. The minimum atomic E-state index is 0.619. The summed E-state index contributed by atoms with van der Waals surface area (Å²) < 4.78 is 5.72. The lowest BCUT2D eigenvalue weighted by Crippen LogP contribution is -2.28. The van der Waals surface area contributed by atoms with Crippen LogP contribution in [0.4, 0.5) is 0 Å². The maximum Gasteiger partial charge on any atom is 0.137 e. The Bertz CT molecular complexity index is 461. The first-order valence-corrected chi connectivity index (χ1v) is 8.10. The summed E-state index contributed by atoms with van der Waals surface area (Å²) in [6.07, 6.45) is 8.04. The Hall–Kier alpha value is -1.53. The molecule has 1 fully saturated rings. The van der Waals surface area contributed by atoms with E-state index in [0.29, 0.717) is 17.9 Å². The Morgan fingerprint density at radius 2 is 2.00 bits per heavy atom. The molecule has 0 heterocycles. The van der Waals surface area contributed by atoms with Gasteiger partial charge in [-0.25, -0.2) is 0 Å². The lowest BCUT2D eigenvalue weighted by Gasteiger charge is -2.26. The zero-order chi connectivity index (χ0) is 14.9. The summed E-state index contributed by atoms with van der Waals surface area (Å²) in [6.45, 7) is 2.95. The minimum absolute atomic E-state index is 0.619. The lowest BCUT2D eigenvalue weighted by molar-refractivity contribution is 0.214. The van der Waals surface area contributed by atoms with Gasteiger partial charge in [0.25, 0.3) is 0 Å². The van der Waals surface area contributed by atoms with E-state index < -0.39 is 0 Å². The predicted molar refractivity (Wildman–Crippen MR) is 85.3 cm³/mol. The third-order valence-electron chi connectivity index (χ3n) is 4.24. The van der Waals surface area contributed by atoms with Crippen LogP contribution in [0.1, 0.15) is 44.1 Å². The smallest absolute Gasteiger partial charge is 0.137 e. The molecule has 114 valence electrons. The molecule has 1 aromatic rings. The zero-order valence-electron chi connectivity index (χ0n) is 13.1. The number of rotatable bonds is 7. The maximum atomic E-state index is 9.01. The first-order valence-electron chi connectivity index (χ1n) is 8.10. The van der Waals surface area contributed by atoms with Crippen LogP contribution >= 0.6 is 0 Å². The molecule has 3 nitrogen and oxygen atoms in total. The molecule has 0 unspecified atom stereocenters. The van der Waals surface area contributed by atoms with E-state index in [1.807, 2.05) is 18.2 Å². The second kappa shape index (κ2) is 8.69. The number of nitriles is 1. The van der Waals surface area contributed by atoms with Crippen molar-refractivity contribution < 1.29 is 4.74 Å². The minimum Gasteiger partial charge on any atom is -0.492 e. The molecule has 0 radical (unpaired) electrons. The standard InChI is InChI=1S/C18H26N2O/c1-20(15-16-8-3-2-4-9-16)12-7-13-21-18-11-6-5-10-17(18)14-19/h5-6,10-11,16H,2-4,7-9,12-13,15H2,1H3. The molecule has 1 aliphatic carbocycles. The molecule has 0 aromatic heterocycles. The summed E-state index contributed by atoms with van der Waals surface area (Å²) >= 11 is 0. The van der Waals surface area contributed by atoms with Gasteiger partial charge in [-0.05, 0) is 44.4 Å². The van der Waals surface area contributed by atoms with Crippen molar-refractivity contribution in [2.24, 2.45) is 5.92 Å². The number of hydrogen-bond donors (Lipinski definition) is 0. The van der Waals surface area contributed by atoms with Crippen LogP contribution in [0.3, 0.4) is 0 Å². The summed E-state index contributed by atoms with van der Waals surface area (Å²) in [5.74, 6) is 1.60. The fourth-order valence-corrected chi connectivity index (χ4v) is 3.10. The molecule has 3 heteroatoms. The van der Waals surface area contributed by atoms with Crippen LogP contribution in [0, 0.1) is 17.2 Å². The van der Waals surface area contributed by atoms with E-state index in [1.165, 1.54) is 38.6 Å². The van der Waals surface area contributed by atoms with E-state index in [4.69, 9.17) is 10.00 Å². The predicted octanol–water partition coefficient (Wildman–Crippen LogP) is 3.84. The van der Waals surface area contributed by atoms with Gasteiger partial charge in [0.05, 0.1) is 12.2 Å². The van der Waals surface area contributed by atoms with Crippen molar-refractivity contribution in [2.75, 3.05) is 26.7 Å². The molecule has 1 aliphatic rings. The molecule has 0 N–H and O–H groups in total. The highest BCUT2D eigenvalue weighted by molar-refractivity contribution is 5.42. The second-order valence-corrected chi connectivity index (χ2v) is 6.08. The Kier molecular flexibility index (Phi) is 6.56. The van der Waals surface area contributed by atoms with Crippen LogP contribution in [0.15, 0.2) is 24.3 Å². The summed E-state index contributed by atoms with van der Waals surface area (Å²) in [7, 11) is 2.21. The molecule has 0 atom stereocenters. The van der Waals surface area contributed by atoms with Crippen molar-refractivity contribution in [1.82, 2.24) is 4.90 Å². The number of para-hydroxylation sites is 1. The highest BCUT2D eigenvalue weighted by atomic mass is 16.5. The molecule has 21 heavy (non-hydrogen) atoms. The Labute approximate surface area is 128 Å². The second-order valence-electron chi connectivity index (χ2n) is 6.08. The quantitative estimate of drug-likeness (QED) is 0.715. The van der Waals surface area contributed by atoms with Gasteiger partial charge >= 0.3 is 0 Å². The number of hydrogen-bond acceptors (Lipinski definition) is 3. The average Bonchev–Trinajstić information content (AvgIpc) is 2.53. The van der Waals surface area contributed by atoms with Crippen molar-refractivity contribution in [3.63, 3.8) is 0 Å². The summed E-state index contributed by atoms with van der Waals surface area (Å²) in [5.41, 5.74) is 0.619. The highest BCUT2D eigenvalue weighted by Crippen LogP contribution is 2.24. The first-order chi connectivity index (χ1) is 10.3. The fourth-order valence-electron chi connectivity index (χ4n) is 3.10. The van der Waals surface area contributed by atoms with Crippen molar-refractivity contribution in [1.29, 1.82) is 5.26 Å². The maximum absolute atomic E-state index is 9.01. The number of benzene rings is 1. The van der Waals surface area contributed by atoms with Gasteiger partial charge < -0.3 is 9.64 Å². The molecule has 2 rings (SSSR count). The summed E-state index contributed by atoms with van der Waals surface area (Å²) in [6, 6.07) is 9.60. The molecular formula is C18H26N2O. The molecule has 0 spiro atoms. The number of ether oxygens (including phenoxy) is 1. The first kappa shape index (κ1) is 15.9. The molecule has 0 saturated heterocycles. The van der Waals surface area contributed by atoms with E-state index in [2.05, 4.69) is 18.0 Å². The van der Waals surface area contributed by atoms with Crippen LogP contribution in [0.25, 0.3) is 0 Å². The largest absolute Gasteiger partial charge is 0.492 e. The SMILES string of the molecule is CN(CCCOc1ccccc1C#N)CC1CCCCC1. The molecule has 1 saturated carbocycles.